The summed E-state index contributed by atoms with van der Waals surface area (Å²) in [4.78, 5) is 33.8. The Balaban J connectivity index is 1.59. The number of rotatable bonds is 8. The van der Waals surface area contributed by atoms with Crippen molar-refractivity contribution in [3.8, 4) is 0 Å². The summed E-state index contributed by atoms with van der Waals surface area (Å²) >= 11 is 0. The maximum Gasteiger partial charge on any atom is 0.270 e. The zero-order valence-electron chi connectivity index (χ0n) is 18.7. The highest BCUT2D eigenvalue weighted by atomic mass is 16.3. The molecule has 4 aromatic rings. The number of para-hydroxylation sites is 1. The number of aliphatic hydroxyl groups is 1. The van der Waals surface area contributed by atoms with E-state index < -0.39 is 18.0 Å². The number of H-pyrrole nitrogens is 1. The largest absolute Gasteiger partial charge is 0.394 e. The van der Waals surface area contributed by atoms with Crippen LogP contribution in [0.15, 0.2) is 66.9 Å². The lowest BCUT2D eigenvalue weighted by atomic mass is 10.0. The molecule has 2 atom stereocenters. The second-order valence-electron chi connectivity index (χ2n) is 8.54. The SMILES string of the molecule is CC(C)C(CO)NC(=O)C(Cc1ccccc1)NC(=O)c1cc2c(cn1)[nH]c1ccccc12. The van der Waals surface area contributed by atoms with E-state index in [2.05, 4.69) is 20.6 Å². The van der Waals surface area contributed by atoms with Crippen LogP contribution >= 0.6 is 0 Å². The first-order valence-corrected chi connectivity index (χ1v) is 11.1. The summed E-state index contributed by atoms with van der Waals surface area (Å²) < 4.78 is 0. The molecule has 170 valence electrons. The highest BCUT2D eigenvalue weighted by Gasteiger charge is 2.26. The molecule has 2 aromatic heterocycles. The molecule has 0 radical (unpaired) electrons. The fourth-order valence-corrected chi connectivity index (χ4v) is 3.87. The van der Waals surface area contributed by atoms with Gasteiger partial charge in [0, 0.05) is 22.7 Å². The monoisotopic (exact) mass is 444 g/mol. The summed E-state index contributed by atoms with van der Waals surface area (Å²) in [5.74, 6) is -0.713. The molecule has 0 saturated carbocycles. The maximum absolute atomic E-state index is 13.1. The van der Waals surface area contributed by atoms with Gasteiger partial charge in [0.15, 0.2) is 0 Å². The Morgan fingerprint density at radius 3 is 2.42 bits per heavy atom. The van der Waals surface area contributed by atoms with Gasteiger partial charge in [0.1, 0.15) is 11.7 Å². The fourth-order valence-electron chi connectivity index (χ4n) is 3.87. The number of hydrogen-bond acceptors (Lipinski definition) is 4. The van der Waals surface area contributed by atoms with Crippen molar-refractivity contribution in [1.29, 1.82) is 0 Å². The molecule has 33 heavy (non-hydrogen) atoms. The fraction of sp³-hybridized carbons (Fsp3) is 0.269. The van der Waals surface area contributed by atoms with E-state index in [9.17, 15) is 14.7 Å². The topological polar surface area (TPSA) is 107 Å². The van der Waals surface area contributed by atoms with Gasteiger partial charge in [-0.3, -0.25) is 9.59 Å². The van der Waals surface area contributed by atoms with Crippen LogP contribution in [0.1, 0.15) is 29.9 Å². The lowest BCUT2D eigenvalue weighted by Gasteiger charge is -2.24. The van der Waals surface area contributed by atoms with Crippen molar-refractivity contribution in [2.24, 2.45) is 5.92 Å². The Morgan fingerprint density at radius 2 is 1.70 bits per heavy atom. The van der Waals surface area contributed by atoms with Crippen molar-refractivity contribution < 1.29 is 14.7 Å². The third kappa shape index (κ3) is 5.04. The summed E-state index contributed by atoms with van der Waals surface area (Å²) in [7, 11) is 0. The predicted molar refractivity (Wildman–Crippen MR) is 129 cm³/mol. The van der Waals surface area contributed by atoms with E-state index in [0.717, 1.165) is 27.4 Å². The van der Waals surface area contributed by atoms with Crippen LogP contribution in [0.2, 0.25) is 0 Å². The zero-order valence-corrected chi connectivity index (χ0v) is 18.7. The average molecular weight is 445 g/mol. The number of nitrogens with one attached hydrogen (secondary N) is 3. The predicted octanol–water partition coefficient (Wildman–Crippen LogP) is 3.19. The first kappa shape index (κ1) is 22.5. The number of aliphatic hydroxyl groups excluding tert-OH is 1. The van der Waals surface area contributed by atoms with Crippen molar-refractivity contribution in [2.75, 3.05) is 6.61 Å². The molecule has 4 rings (SSSR count). The van der Waals surface area contributed by atoms with Crippen LogP contribution in [0.4, 0.5) is 0 Å². The number of pyridine rings is 1. The van der Waals surface area contributed by atoms with Gasteiger partial charge in [-0.15, -0.1) is 0 Å². The van der Waals surface area contributed by atoms with Crippen molar-refractivity contribution >= 4 is 33.6 Å². The van der Waals surface area contributed by atoms with Crippen molar-refractivity contribution in [1.82, 2.24) is 20.6 Å². The third-order valence-electron chi connectivity index (χ3n) is 5.86. The van der Waals surface area contributed by atoms with Crippen LogP contribution in [0.25, 0.3) is 21.8 Å². The minimum absolute atomic E-state index is 0.0537. The molecule has 7 heteroatoms. The lowest BCUT2D eigenvalue weighted by Crippen LogP contribution is -2.52. The minimum atomic E-state index is -0.812. The van der Waals surface area contributed by atoms with E-state index in [0.29, 0.717) is 6.42 Å². The number of aromatic nitrogens is 2. The van der Waals surface area contributed by atoms with Crippen LogP contribution in [-0.4, -0.2) is 45.6 Å². The number of carbonyl (C=O) groups excluding carboxylic acids is 2. The number of aromatic amines is 1. The van der Waals surface area contributed by atoms with Crippen molar-refractivity contribution in [3.63, 3.8) is 0 Å². The number of carbonyl (C=O) groups is 2. The molecule has 0 aliphatic carbocycles. The highest BCUT2D eigenvalue weighted by molar-refractivity contribution is 6.09. The van der Waals surface area contributed by atoms with E-state index in [4.69, 9.17) is 0 Å². The van der Waals surface area contributed by atoms with E-state index in [1.165, 1.54) is 0 Å². The van der Waals surface area contributed by atoms with Gasteiger partial charge in [-0.05, 0) is 23.6 Å². The summed E-state index contributed by atoms with van der Waals surface area (Å²) in [5.41, 5.74) is 2.97. The smallest absolute Gasteiger partial charge is 0.270 e. The van der Waals surface area contributed by atoms with E-state index in [1.54, 1.807) is 12.3 Å². The molecule has 0 spiro atoms. The second-order valence-corrected chi connectivity index (χ2v) is 8.54. The van der Waals surface area contributed by atoms with Crippen LogP contribution in [0, 0.1) is 5.92 Å². The number of hydrogen-bond donors (Lipinski definition) is 4. The Morgan fingerprint density at radius 1 is 0.970 bits per heavy atom. The standard InChI is InChI=1S/C26H28N4O3/c1-16(2)24(15-31)30-26(33)22(12-17-8-4-3-5-9-17)29-25(32)21-13-19-18-10-6-7-11-20(18)28-23(19)14-27-21/h3-11,13-14,16,22,24,28,31H,12,15H2,1-2H3,(H,29,32)(H,30,33). The number of fused-ring (bicyclic) bond motifs is 3. The molecule has 2 amide bonds. The maximum atomic E-state index is 13.1. The Hall–Kier alpha value is -3.71. The Kier molecular flexibility index (Phi) is 6.70. The Labute approximate surface area is 192 Å². The molecule has 4 N–H and O–H groups in total. The summed E-state index contributed by atoms with van der Waals surface area (Å²) in [6, 6.07) is 17.9. The minimum Gasteiger partial charge on any atom is -0.394 e. The first-order valence-electron chi connectivity index (χ1n) is 11.1. The van der Waals surface area contributed by atoms with Crippen LogP contribution in [0.3, 0.4) is 0 Å². The second kappa shape index (κ2) is 9.83. The molecule has 0 bridgehead atoms. The molecule has 2 heterocycles. The van der Waals surface area contributed by atoms with Gasteiger partial charge >= 0.3 is 0 Å². The summed E-state index contributed by atoms with van der Waals surface area (Å²) in [5, 5.41) is 17.2. The van der Waals surface area contributed by atoms with Gasteiger partial charge in [-0.25, -0.2) is 4.98 Å². The molecule has 0 fully saturated rings. The van der Waals surface area contributed by atoms with Gasteiger partial charge in [0.2, 0.25) is 5.91 Å². The summed E-state index contributed by atoms with van der Waals surface area (Å²) in [6.45, 7) is 3.67. The summed E-state index contributed by atoms with van der Waals surface area (Å²) in [6.07, 6.45) is 1.96. The molecule has 7 nitrogen and oxygen atoms in total. The molecule has 0 aliphatic rings. The van der Waals surface area contributed by atoms with Crippen LogP contribution in [0.5, 0.6) is 0 Å². The quantitative estimate of drug-likeness (QED) is 0.335. The van der Waals surface area contributed by atoms with Gasteiger partial charge in [-0.1, -0.05) is 62.4 Å². The van der Waals surface area contributed by atoms with Gasteiger partial charge in [0.05, 0.1) is 24.4 Å². The molecular formula is C26H28N4O3. The van der Waals surface area contributed by atoms with Crippen LogP contribution in [-0.2, 0) is 11.2 Å². The van der Waals surface area contributed by atoms with Gasteiger partial charge in [0.25, 0.3) is 5.91 Å². The highest BCUT2D eigenvalue weighted by Crippen LogP contribution is 2.25. The average Bonchev–Trinajstić information content (AvgIpc) is 3.20. The number of benzene rings is 2. The normalized spacial score (nSPS) is 13.2. The molecule has 0 aliphatic heterocycles. The van der Waals surface area contributed by atoms with Gasteiger partial charge in [-0.2, -0.15) is 0 Å². The van der Waals surface area contributed by atoms with Crippen molar-refractivity contribution in [3.05, 3.63) is 78.1 Å². The van der Waals surface area contributed by atoms with Crippen LogP contribution < -0.4 is 10.6 Å². The van der Waals surface area contributed by atoms with E-state index in [-0.39, 0.29) is 24.1 Å². The van der Waals surface area contributed by atoms with Crippen molar-refractivity contribution in [2.45, 2.75) is 32.4 Å². The molecule has 2 unspecified atom stereocenters. The lowest BCUT2D eigenvalue weighted by molar-refractivity contribution is -0.124. The Bertz CT molecular complexity index is 1270. The van der Waals surface area contributed by atoms with E-state index >= 15 is 0 Å². The molecular weight excluding hydrogens is 416 g/mol. The number of amides is 2. The number of nitrogens with zero attached hydrogens (tertiary/aromatic N) is 1. The van der Waals surface area contributed by atoms with E-state index in [1.807, 2.05) is 68.4 Å². The first-order chi connectivity index (χ1) is 16.0. The molecule has 0 saturated heterocycles. The molecule has 2 aromatic carbocycles. The van der Waals surface area contributed by atoms with Gasteiger partial charge < -0.3 is 20.7 Å². The zero-order chi connectivity index (χ0) is 23.4. The third-order valence-corrected chi connectivity index (χ3v) is 5.86.